The molecule has 2 heterocycles. The van der Waals surface area contributed by atoms with Gasteiger partial charge in [0.25, 0.3) is 5.91 Å². The van der Waals surface area contributed by atoms with Crippen molar-refractivity contribution in [1.29, 1.82) is 0 Å². The van der Waals surface area contributed by atoms with E-state index in [2.05, 4.69) is 20.2 Å². The van der Waals surface area contributed by atoms with Crippen LogP contribution >= 0.6 is 0 Å². The lowest BCUT2D eigenvalue weighted by molar-refractivity contribution is -0.121. The Labute approximate surface area is 175 Å². The molecule has 0 saturated carbocycles. The molecule has 0 bridgehead atoms. The van der Waals surface area contributed by atoms with Crippen molar-refractivity contribution in [2.45, 2.75) is 13.0 Å². The molecule has 9 heteroatoms. The van der Waals surface area contributed by atoms with E-state index in [1.165, 1.54) is 35.6 Å². The maximum Gasteiger partial charge on any atom is 0.274 e. The number of benzene rings is 1. The third-order valence-corrected chi connectivity index (χ3v) is 4.82. The molecule has 1 aromatic carbocycles. The molecule has 1 aromatic heterocycles. The van der Waals surface area contributed by atoms with Crippen LogP contribution in [0.25, 0.3) is 0 Å². The summed E-state index contributed by atoms with van der Waals surface area (Å²) in [4.78, 5) is 36.9. The van der Waals surface area contributed by atoms with E-state index >= 15 is 0 Å². The highest BCUT2D eigenvalue weighted by atomic mass is 19.1. The lowest BCUT2D eigenvalue weighted by Crippen LogP contribution is -2.42. The second-order valence-electron chi connectivity index (χ2n) is 7.00. The van der Waals surface area contributed by atoms with E-state index in [0.29, 0.717) is 6.54 Å². The van der Waals surface area contributed by atoms with Gasteiger partial charge >= 0.3 is 0 Å². The Morgan fingerprint density at radius 1 is 1.17 bits per heavy atom. The molecule has 1 N–H and O–H groups in total. The zero-order valence-electron chi connectivity index (χ0n) is 16.8. The van der Waals surface area contributed by atoms with Gasteiger partial charge in [-0.2, -0.15) is 0 Å². The van der Waals surface area contributed by atoms with Crippen LogP contribution in [0.15, 0.2) is 42.9 Å². The Hall–Kier alpha value is -2.91. The highest BCUT2D eigenvalue weighted by molar-refractivity contribution is 5.92. The first-order valence-electron chi connectivity index (χ1n) is 9.98. The van der Waals surface area contributed by atoms with Gasteiger partial charge in [-0.25, -0.2) is 9.37 Å². The number of hydrogen-bond acceptors (Lipinski definition) is 6. The smallest absolute Gasteiger partial charge is 0.274 e. The van der Waals surface area contributed by atoms with E-state index in [9.17, 15) is 14.0 Å². The topological polar surface area (TPSA) is 87.7 Å². The van der Waals surface area contributed by atoms with E-state index in [-0.39, 0.29) is 42.8 Å². The number of ether oxygens (including phenoxy) is 1. The molecular formula is C21H26FN5O3. The fraction of sp³-hybridized carbons (Fsp3) is 0.429. The average Bonchev–Trinajstić information content (AvgIpc) is 2.79. The maximum absolute atomic E-state index is 13.2. The number of carbonyl (C=O) groups is 2. The van der Waals surface area contributed by atoms with Gasteiger partial charge in [0.1, 0.15) is 11.5 Å². The van der Waals surface area contributed by atoms with Gasteiger partial charge in [0, 0.05) is 58.1 Å². The van der Waals surface area contributed by atoms with Gasteiger partial charge in [-0.05, 0) is 17.7 Å². The van der Waals surface area contributed by atoms with Crippen LogP contribution in [0.5, 0.6) is 0 Å². The molecule has 0 radical (unpaired) electrons. The predicted molar refractivity (Wildman–Crippen MR) is 108 cm³/mol. The van der Waals surface area contributed by atoms with Crippen LogP contribution in [0.3, 0.4) is 0 Å². The maximum atomic E-state index is 13.2. The fourth-order valence-electron chi connectivity index (χ4n) is 3.14. The molecule has 1 aliphatic heterocycles. The Bertz CT molecular complexity index is 813. The number of hydrogen-bond donors (Lipinski definition) is 1. The lowest BCUT2D eigenvalue weighted by Gasteiger charge is -2.26. The molecule has 2 aromatic rings. The molecule has 1 aliphatic rings. The molecule has 0 spiro atoms. The number of nitrogens with zero attached hydrogens (tertiary/aromatic N) is 4. The van der Waals surface area contributed by atoms with Crippen molar-refractivity contribution < 1.29 is 18.7 Å². The molecule has 1 saturated heterocycles. The van der Waals surface area contributed by atoms with Crippen LogP contribution in [0.2, 0.25) is 0 Å². The Kier molecular flexibility index (Phi) is 8.22. The van der Waals surface area contributed by atoms with Gasteiger partial charge in [-0.1, -0.05) is 12.1 Å². The average molecular weight is 415 g/mol. The normalized spacial score (nSPS) is 14.3. The minimum absolute atomic E-state index is 0.126. The Morgan fingerprint density at radius 2 is 1.93 bits per heavy atom. The summed E-state index contributed by atoms with van der Waals surface area (Å²) in [5.41, 5.74) is 0.966. The van der Waals surface area contributed by atoms with Crippen LogP contribution in [0.1, 0.15) is 22.5 Å². The second-order valence-corrected chi connectivity index (χ2v) is 7.00. The van der Waals surface area contributed by atoms with Gasteiger partial charge in [0.05, 0.1) is 19.4 Å². The largest absolute Gasteiger partial charge is 0.379 e. The third-order valence-electron chi connectivity index (χ3n) is 4.82. The second kappa shape index (κ2) is 11.3. The molecule has 1 fully saturated rings. The van der Waals surface area contributed by atoms with Gasteiger partial charge in [-0.3, -0.25) is 19.5 Å². The highest BCUT2D eigenvalue weighted by Crippen LogP contribution is 2.10. The summed E-state index contributed by atoms with van der Waals surface area (Å²) < 4.78 is 18.5. The highest BCUT2D eigenvalue weighted by Gasteiger charge is 2.19. The minimum Gasteiger partial charge on any atom is -0.379 e. The number of morpholine rings is 1. The van der Waals surface area contributed by atoms with Crippen molar-refractivity contribution >= 4 is 11.8 Å². The van der Waals surface area contributed by atoms with E-state index in [1.807, 2.05) is 0 Å². The molecule has 30 heavy (non-hydrogen) atoms. The van der Waals surface area contributed by atoms with E-state index in [4.69, 9.17) is 4.74 Å². The van der Waals surface area contributed by atoms with Crippen molar-refractivity contribution in [2.24, 2.45) is 0 Å². The summed E-state index contributed by atoms with van der Waals surface area (Å²) in [6.07, 6.45) is 4.49. The first kappa shape index (κ1) is 21.8. The Morgan fingerprint density at radius 3 is 2.63 bits per heavy atom. The first-order valence-corrected chi connectivity index (χ1v) is 9.98. The number of carbonyl (C=O) groups excluding carboxylic acids is 2. The lowest BCUT2D eigenvalue weighted by atomic mass is 10.2. The SMILES string of the molecule is O=C(CCN(Cc1ccc(F)cc1)C(=O)c1cnccn1)NCCN1CCOCC1. The van der Waals surface area contributed by atoms with E-state index in [0.717, 1.165) is 38.4 Å². The minimum atomic E-state index is -0.342. The standard InChI is InChI=1S/C21H26FN5O3/c22-18-3-1-17(2-4-18)16-27(21(29)19-15-23-6-7-24-19)9-5-20(28)25-8-10-26-11-13-30-14-12-26/h1-4,6-7,15H,5,8-14,16H2,(H,25,28). The third kappa shape index (κ3) is 6.85. The van der Waals surface area contributed by atoms with Crippen LogP contribution in [0.4, 0.5) is 4.39 Å². The zero-order chi connectivity index (χ0) is 21.2. The molecule has 8 nitrogen and oxygen atoms in total. The quantitative estimate of drug-likeness (QED) is 0.660. The first-order chi connectivity index (χ1) is 14.6. The van der Waals surface area contributed by atoms with Crippen molar-refractivity contribution in [3.63, 3.8) is 0 Å². The van der Waals surface area contributed by atoms with Gasteiger partial charge in [0.2, 0.25) is 5.91 Å². The summed E-state index contributed by atoms with van der Waals surface area (Å²) >= 11 is 0. The van der Waals surface area contributed by atoms with Crippen molar-refractivity contribution in [3.05, 3.63) is 59.9 Å². The summed E-state index contributed by atoms with van der Waals surface area (Å²) in [6, 6.07) is 5.93. The molecule has 3 rings (SSSR count). The number of nitrogens with one attached hydrogen (secondary N) is 1. The molecule has 2 amide bonds. The Balaban J connectivity index is 1.54. The van der Waals surface area contributed by atoms with Gasteiger partial charge < -0.3 is 15.0 Å². The van der Waals surface area contributed by atoms with Crippen LogP contribution in [-0.2, 0) is 16.1 Å². The number of rotatable bonds is 9. The number of amides is 2. The summed E-state index contributed by atoms with van der Waals surface area (Å²) in [6.45, 7) is 4.96. The van der Waals surface area contributed by atoms with E-state index < -0.39 is 0 Å². The van der Waals surface area contributed by atoms with Crippen molar-refractivity contribution in [3.8, 4) is 0 Å². The summed E-state index contributed by atoms with van der Waals surface area (Å²) in [5.74, 6) is -0.793. The summed E-state index contributed by atoms with van der Waals surface area (Å²) in [5, 5.41) is 2.90. The molecule has 0 aliphatic carbocycles. The van der Waals surface area contributed by atoms with Gasteiger partial charge in [0.15, 0.2) is 0 Å². The fourth-order valence-corrected chi connectivity index (χ4v) is 3.14. The van der Waals surface area contributed by atoms with Crippen LogP contribution in [-0.4, -0.2) is 77.5 Å². The summed E-state index contributed by atoms with van der Waals surface area (Å²) in [7, 11) is 0. The monoisotopic (exact) mass is 415 g/mol. The molecular weight excluding hydrogens is 389 g/mol. The number of aromatic nitrogens is 2. The van der Waals surface area contributed by atoms with Crippen molar-refractivity contribution in [2.75, 3.05) is 45.9 Å². The molecule has 0 unspecified atom stereocenters. The van der Waals surface area contributed by atoms with Crippen LogP contribution in [0, 0.1) is 5.82 Å². The van der Waals surface area contributed by atoms with E-state index in [1.54, 1.807) is 12.1 Å². The van der Waals surface area contributed by atoms with Crippen molar-refractivity contribution in [1.82, 2.24) is 25.1 Å². The number of halogens is 1. The predicted octanol–water partition coefficient (Wildman–Crippen LogP) is 1.10. The zero-order valence-corrected chi connectivity index (χ0v) is 16.8. The molecule has 0 atom stereocenters. The van der Waals surface area contributed by atoms with Gasteiger partial charge in [-0.15, -0.1) is 0 Å². The molecule has 160 valence electrons. The van der Waals surface area contributed by atoms with Crippen LogP contribution < -0.4 is 5.32 Å².